The largest absolute Gasteiger partial charge is 0.481 e. The zero-order chi connectivity index (χ0) is 18.4. The number of amides is 1. The van der Waals surface area contributed by atoms with Crippen molar-refractivity contribution in [1.29, 1.82) is 0 Å². The van der Waals surface area contributed by atoms with Crippen molar-refractivity contribution in [2.24, 2.45) is 0 Å². The van der Waals surface area contributed by atoms with Gasteiger partial charge >= 0.3 is 11.9 Å². The van der Waals surface area contributed by atoms with Gasteiger partial charge in [-0.3, -0.25) is 14.4 Å². The third kappa shape index (κ3) is 4.68. The fourth-order valence-corrected chi connectivity index (χ4v) is 2.25. The molecule has 0 saturated carbocycles. The van der Waals surface area contributed by atoms with Gasteiger partial charge in [0.1, 0.15) is 11.6 Å². The Kier molecular flexibility index (Phi) is 6.69. The van der Waals surface area contributed by atoms with E-state index >= 15 is 0 Å². The first-order valence-electron chi connectivity index (χ1n) is 7.65. The van der Waals surface area contributed by atoms with Crippen molar-refractivity contribution in [2.45, 2.75) is 52.6 Å². The molecule has 1 heterocycles. The van der Waals surface area contributed by atoms with Crippen molar-refractivity contribution in [3.8, 4) is 0 Å². The first-order valence-corrected chi connectivity index (χ1v) is 7.65. The maximum absolute atomic E-state index is 12.5. The van der Waals surface area contributed by atoms with Crippen molar-refractivity contribution in [1.82, 2.24) is 9.88 Å². The van der Waals surface area contributed by atoms with E-state index in [0.717, 1.165) is 24.1 Å². The molecular weight excluding hydrogens is 316 g/mol. The molecule has 0 aliphatic heterocycles. The maximum atomic E-state index is 12.5. The van der Waals surface area contributed by atoms with Crippen LogP contribution < -0.4 is 10.9 Å². The van der Waals surface area contributed by atoms with Gasteiger partial charge in [0.2, 0.25) is 0 Å². The average Bonchev–Trinajstić information content (AvgIpc) is 2.49. The lowest BCUT2D eigenvalue weighted by Crippen LogP contribution is -2.44. The lowest BCUT2D eigenvalue weighted by Gasteiger charge is -2.16. The number of hydrogen-bond donors (Lipinski definition) is 3. The second kappa shape index (κ2) is 8.28. The van der Waals surface area contributed by atoms with Crippen LogP contribution in [0.1, 0.15) is 47.8 Å². The van der Waals surface area contributed by atoms with E-state index in [4.69, 9.17) is 10.2 Å². The monoisotopic (exact) mass is 338 g/mol. The number of rotatable bonds is 8. The Morgan fingerprint density at radius 2 is 1.88 bits per heavy atom. The van der Waals surface area contributed by atoms with Gasteiger partial charge in [-0.2, -0.15) is 0 Å². The molecule has 1 amide bonds. The summed E-state index contributed by atoms with van der Waals surface area (Å²) < 4.78 is 1.49. The normalized spacial score (nSPS) is 11.8. The van der Waals surface area contributed by atoms with Crippen molar-refractivity contribution in [3.05, 3.63) is 33.2 Å². The molecule has 0 unspecified atom stereocenters. The van der Waals surface area contributed by atoms with Gasteiger partial charge in [0.05, 0.1) is 6.42 Å². The van der Waals surface area contributed by atoms with Gasteiger partial charge in [0, 0.05) is 12.2 Å². The van der Waals surface area contributed by atoms with E-state index in [1.807, 2.05) is 6.92 Å². The van der Waals surface area contributed by atoms with Gasteiger partial charge in [-0.05, 0) is 31.9 Å². The van der Waals surface area contributed by atoms with Crippen molar-refractivity contribution >= 4 is 17.8 Å². The summed E-state index contributed by atoms with van der Waals surface area (Å²) in [5.74, 6) is -3.72. The zero-order valence-corrected chi connectivity index (χ0v) is 14.0. The molecule has 1 rings (SSSR count). The Morgan fingerprint density at radius 1 is 1.25 bits per heavy atom. The predicted molar refractivity (Wildman–Crippen MR) is 86.2 cm³/mol. The van der Waals surface area contributed by atoms with Gasteiger partial charge in [-0.25, -0.2) is 4.79 Å². The maximum Gasteiger partial charge on any atom is 0.326 e. The molecule has 3 N–H and O–H groups in total. The van der Waals surface area contributed by atoms with Gasteiger partial charge in [-0.15, -0.1) is 0 Å². The molecule has 8 nitrogen and oxygen atoms in total. The molecule has 0 spiro atoms. The van der Waals surface area contributed by atoms with Crippen LogP contribution in [-0.4, -0.2) is 38.7 Å². The Balaban J connectivity index is 3.18. The minimum absolute atomic E-state index is 0.189. The Labute approximate surface area is 139 Å². The van der Waals surface area contributed by atoms with E-state index in [0.29, 0.717) is 6.54 Å². The number of unbranched alkanes of at least 4 members (excludes halogenated alkanes) is 1. The van der Waals surface area contributed by atoms with E-state index in [1.165, 1.54) is 10.6 Å². The molecule has 0 aromatic carbocycles. The number of nitrogens with zero attached hydrogens (tertiary/aromatic N) is 1. The minimum atomic E-state index is -1.60. The molecule has 132 valence electrons. The average molecular weight is 338 g/mol. The number of nitrogens with one attached hydrogen (secondary N) is 1. The molecule has 24 heavy (non-hydrogen) atoms. The van der Waals surface area contributed by atoms with E-state index in [-0.39, 0.29) is 5.56 Å². The smallest absolute Gasteiger partial charge is 0.326 e. The third-order valence-electron chi connectivity index (χ3n) is 3.77. The number of pyridine rings is 1. The molecule has 0 fully saturated rings. The molecule has 1 aromatic heterocycles. The lowest BCUT2D eigenvalue weighted by molar-refractivity contribution is -0.145. The van der Waals surface area contributed by atoms with Gasteiger partial charge in [0.15, 0.2) is 0 Å². The Bertz CT molecular complexity index is 707. The zero-order valence-electron chi connectivity index (χ0n) is 14.0. The summed E-state index contributed by atoms with van der Waals surface area (Å²) in [7, 11) is 0. The summed E-state index contributed by atoms with van der Waals surface area (Å²) in [6.45, 7) is 5.96. The number of carbonyl (C=O) groups excluding carboxylic acids is 1. The summed E-state index contributed by atoms with van der Waals surface area (Å²) in [6.07, 6.45) is 0.874. The number of carboxylic acids is 2. The molecule has 0 radical (unpaired) electrons. The van der Waals surface area contributed by atoms with Crippen molar-refractivity contribution < 1.29 is 24.6 Å². The standard InChI is InChI=1S/C16H22N2O6/c1-4-5-6-18-10(3)9(2)7-11(15(18)22)14(21)17-12(16(23)24)8-13(19)20/h7,12H,4-6,8H2,1-3H3,(H,17,21)(H,19,20)(H,23,24)/t12-/m0/s1. The number of hydrogen-bond acceptors (Lipinski definition) is 4. The Hall–Kier alpha value is -2.64. The highest BCUT2D eigenvalue weighted by atomic mass is 16.4. The quantitative estimate of drug-likeness (QED) is 0.647. The topological polar surface area (TPSA) is 126 Å². The highest BCUT2D eigenvalue weighted by molar-refractivity contribution is 5.97. The third-order valence-corrected chi connectivity index (χ3v) is 3.77. The summed E-state index contributed by atoms with van der Waals surface area (Å²) in [5, 5.41) is 19.8. The number of aromatic nitrogens is 1. The fourth-order valence-electron chi connectivity index (χ4n) is 2.25. The SMILES string of the molecule is CCCCn1c(C)c(C)cc(C(=O)N[C@@H](CC(=O)O)C(=O)O)c1=O. The number of aliphatic carboxylic acids is 2. The van der Waals surface area contributed by atoms with Gasteiger partial charge in [0.25, 0.3) is 11.5 Å². The Morgan fingerprint density at radius 3 is 2.38 bits per heavy atom. The second-order valence-electron chi connectivity index (χ2n) is 5.60. The number of carboxylic acid groups (broad SMARTS) is 2. The van der Waals surface area contributed by atoms with Crippen LogP contribution in [-0.2, 0) is 16.1 Å². The molecule has 0 aliphatic rings. The summed E-state index contributed by atoms with van der Waals surface area (Å²) in [5.41, 5.74) is 0.764. The highest BCUT2D eigenvalue weighted by Crippen LogP contribution is 2.08. The molecular formula is C16H22N2O6. The predicted octanol–water partition coefficient (Wildman–Crippen LogP) is 0.923. The van der Waals surface area contributed by atoms with Crippen molar-refractivity contribution in [2.75, 3.05) is 0 Å². The molecule has 1 aromatic rings. The van der Waals surface area contributed by atoms with Crippen LogP contribution >= 0.6 is 0 Å². The highest BCUT2D eigenvalue weighted by Gasteiger charge is 2.25. The first-order chi connectivity index (χ1) is 11.2. The minimum Gasteiger partial charge on any atom is -0.481 e. The van der Waals surface area contributed by atoms with Crippen LogP contribution in [0.3, 0.4) is 0 Å². The van der Waals surface area contributed by atoms with Crippen LogP contribution in [0.25, 0.3) is 0 Å². The van der Waals surface area contributed by atoms with E-state index in [2.05, 4.69) is 5.32 Å². The molecule has 0 bridgehead atoms. The van der Waals surface area contributed by atoms with E-state index in [1.54, 1.807) is 13.8 Å². The van der Waals surface area contributed by atoms with E-state index in [9.17, 15) is 19.2 Å². The van der Waals surface area contributed by atoms with Crippen LogP contribution in [0.15, 0.2) is 10.9 Å². The van der Waals surface area contributed by atoms with Crippen LogP contribution in [0.2, 0.25) is 0 Å². The van der Waals surface area contributed by atoms with Gasteiger partial charge < -0.3 is 20.1 Å². The number of aryl methyl sites for hydroxylation is 1. The van der Waals surface area contributed by atoms with Crippen LogP contribution in [0.5, 0.6) is 0 Å². The van der Waals surface area contributed by atoms with E-state index < -0.39 is 35.9 Å². The summed E-state index contributed by atoms with van der Waals surface area (Å²) >= 11 is 0. The van der Waals surface area contributed by atoms with Crippen molar-refractivity contribution in [3.63, 3.8) is 0 Å². The fraction of sp³-hybridized carbons (Fsp3) is 0.500. The van der Waals surface area contributed by atoms with Crippen LogP contribution in [0, 0.1) is 13.8 Å². The van der Waals surface area contributed by atoms with Crippen LogP contribution in [0.4, 0.5) is 0 Å². The molecule has 8 heteroatoms. The summed E-state index contributed by atoms with van der Waals surface area (Å²) in [4.78, 5) is 46.5. The first kappa shape index (κ1) is 19.4. The second-order valence-corrected chi connectivity index (χ2v) is 5.60. The molecule has 0 saturated heterocycles. The summed E-state index contributed by atoms with van der Waals surface area (Å²) in [6, 6.07) is -0.199. The molecule has 1 atom stereocenters. The number of carbonyl (C=O) groups is 3. The molecule has 0 aliphatic carbocycles. The van der Waals surface area contributed by atoms with Gasteiger partial charge in [-0.1, -0.05) is 13.3 Å². The lowest BCUT2D eigenvalue weighted by atomic mass is 10.1.